The molecule has 1 aliphatic rings. The molecule has 0 bridgehead atoms. The Morgan fingerprint density at radius 1 is 1.07 bits per heavy atom. The van der Waals surface area contributed by atoms with Gasteiger partial charge in [0.15, 0.2) is 0 Å². The van der Waals surface area contributed by atoms with Crippen LogP contribution < -0.4 is 5.32 Å². The van der Waals surface area contributed by atoms with Crippen molar-refractivity contribution in [2.45, 2.75) is 18.9 Å². The van der Waals surface area contributed by atoms with E-state index in [4.69, 9.17) is 24.9 Å². The van der Waals surface area contributed by atoms with Crippen LogP contribution >= 0.6 is 0 Å². The molecule has 0 aromatic carbocycles. The summed E-state index contributed by atoms with van der Waals surface area (Å²) >= 11 is 0. The minimum absolute atomic E-state index is 0.269. The first-order valence-corrected chi connectivity index (χ1v) is 3.87. The van der Waals surface area contributed by atoms with Gasteiger partial charge in [0.05, 0.1) is 0 Å². The number of rotatable bonds is 1. The van der Waals surface area contributed by atoms with Crippen molar-refractivity contribution in [1.82, 2.24) is 5.32 Å². The minimum atomic E-state index is -1.82. The van der Waals surface area contributed by atoms with Gasteiger partial charge in [0.25, 0.3) is 0 Å². The van der Waals surface area contributed by atoms with Crippen LogP contribution in [0.5, 0.6) is 0 Å². The van der Waals surface area contributed by atoms with Gasteiger partial charge in [-0.15, -0.1) is 0 Å². The molecule has 1 saturated heterocycles. The Bertz CT molecular complexity index is 220. The molecule has 7 heteroatoms. The molecule has 1 rings (SSSR count). The average Bonchev–Trinajstić information content (AvgIpc) is 2.56. The molecule has 80 valence electrons. The fraction of sp³-hybridized carbons (Fsp3) is 0.571. The zero-order chi connectivity index (χ0) is 11.1. The summed E-state index contributed by atoms with van der Waals surface area (Å²) in [5.74, 6) is -4.37. The summed E-state index contributed by atoms with van der Waals surface area (Å²) in [6.07, 6.45) is 1.78. The number of hydrogen-bond acceptors (Lipinski definition) is 4. The topological polar surface area (TPSA) is 124 Å². The highest BCUT2D eigenvalue weighted by Gasteiger charge is 2.20. The van der Waals surface area contributed by atoms with Crippen LogP contribution in [0.3, 0.4) is 0 Å². The van der Waals surface area contributed by atoms with Crippen LogP contribution in [-0.2, 0) is 14.4 Å². The zero-order valence-corrected chi connectivity index (χ0v) is 7.27. The van der Waals surface area contributed by atoms with E-state index in [1.54, 1.807) is 0 Å². The van der Waals surface area contributed by atoms with Crippen LogP contribution in [-0.4, -0.2) is 45.8 Å². The van der Waals surface area contributed by atoms with Gasteiger partial charge in [-0.25, -0.2) is 9.59 Å². The Balaban J connectivity index is 0.000000255. The molecule has 0 spiro atoms. The summed E-state index contributed by atoms with van der Waals surface area (Å²) in [6.45, 7) is 0.858. The van der Waals surface area contributed by atoms with Crippen molar-refractivity contribution in [3.63, 3.8) is 0 Å². The van der Waals surface area contributed by atoms with E-state index in [9.17, 15) is 4.79 Å². The largest absolute Gasteiger partial charge is 0.480 e. The summed E-state index contributed by atoms with van der Waals surface area (Å²) in [6, 6.07) is -0.269. The van der Waals surface area contributed by atoms with E-state index in [0.717, 1.165) is 19.4 Å². The van der Waals surface area contributed by atoms with Crippen molar-refractivity contribution in [1.29, 1.82) is 0 Å². The molecular weight excluding hydrogens is 194 g/mol. The molecule has 4 N–H and O–H groups in total. The first-order valence-electron chi connectivity index (χ1n) is 3.87. The van der Waals surface area contributed by atoms with Gasteiger partial charge >= 0.3 is 17.9 Å². The molecule has 0 amide bonds. The first kappa shape index (κ1) is 12.4. The molecule has 7 nitrogen and oxygen atoms in total. The summed E-state index contributed by atoms with van der Waals surface area (Å²) in [5.41, 5.74) is 0. The highest BCUT2D eigenvalue weighted by Crippen LogP contribution is 2.03. The van der Waals surface area contributed by atoms with Crippen molar-refractivity contribution in [3.8, 4) is 0 Å². The molecule has 1 heterocycles. The van der Waals surface area contributed by atoms with Crippen molar-refractivity contribution in [2.75, 3.05) is 6.54 Å². The minimum Gasteiger partial charge on any atom is -0.480 e. The van der Waals surface area contributed by atoms with Crippen LogP contribution in [0.25, 0.3) is 0 Å². The molecule has 0 aromatic rings. The summed E-state index contributed by atoms with van der Waals surface area (Å²) in [4.78, 5) is 28.3. The summed E-state index contributed by atoms with van der Waals surface area (Å²) in [5, 5.41) is 26.0. The van der Waals surface area contributed by atoms with E-state index >= 15 is 0 Å². The first-order chi connectivity index (χ1) is 6.45. The lowest BCUT2D eigenvalue weighted by molar-refractivity contribution is -0.159. The van der Waals surface area contributed by atoms with E-state index in [1.165, 1.54) is 0 Å². The second kappa shape index (κ2) is 5.92. The van der Waals surface area contributed by atoms with Gasteiger partial charge in [-0.05, 0) is 19.4 Å². The summed E-state index contributed by atoms with van der Waals surface area (Å²) < 4.78 is 0. The average molecular weight is 205 g/mol. The lowest BCUT2D eigenvalue weighted by atomic mass is 10.2. The van der Waals surface area contributed by atoms with Gasteiger partial charge in [-0.2, -0.15) is 0 Å². The Morgan fingerprint density at radius 2 is 1.57 bits per heavy atom. The van der Waals surface area contributed by atoms with Crippen molar-refractivity contribution in [3.05, 3.63) is 0 Å². The standard InChI is InChI=1S/C5H9NO2.C2H2O4/c7-5(8)4-2-1-3-6-4;3-1(4)2(5)6/h4,6H,1-3H2,(H,7,8);(H,3,4)(H,5,6)/t4-;/m0./s1. The predicted octanol–water partition coefficient (Wildman–Crippen LogP) is -1.02. The highest BCUT2D eigenvalue weighted by atomic mass is 16.4. The number of carboxylic acids is 3. The highest BCUT2D eigenvalue weighted by molar-refractivity contribution is 6.27. The van der Waals surface area contributed by atoms with E-state index < -0.39 is 17.9 Å². The van der Waals surface area contributed by atoms with Crippen LogP contribution in [0.4, 0.5) is 0 Å². The Hall–Kier alpha value is -1.63. The smallest absolute Gasteiger partial charge is 0.414 e. The summed E-state index contributed by atoms with van der Waals surface area (Å²) in [7, 11) is 0. The van der Waals surface area contributed by atoms with Crippen molar-refractivity contribution in [2.24, 2.45) is 0 Å². The lowest BCUT2D eigenvalue weighted by Gasteiger charge is -1.99. The maximum atomic E-state index is 10.1. The Morgan fingerprint density at radius 3 is 1.71 bits per heavy atom. The zero-order valence-electron chi connectivity index (χ0n) is 7.27. The maximum Gasteiger partial charge on any atom is 0.414 e. The van der Waals surface area contributed by atoms with Crippen LogP contribution in [0, 0.1) is 0 Å². The third-order valence-corrected chi connectivity index (χ3v) is 1.54. The molecule has 0 aliphatic carbocycles. The van der Waals surface area contributed by atoms with Gasteiger partial charge in [0, 0.05) is 0 Å². The van der Waals surface area contributed by atoms with Crippen molar-refractivity contribution < 1.29 is 29.7 Å². The lowest BCUT2D eigenvalue weighted by Crippen LogP contribution is -2.29. The van der Waals surface area contributed by atoms with Crippen molar-refractivity contribution >= 4 is 17.9 Å². The normalized spacial score (nSPS) is 19.3. The van der Waals surface area contributed by atoms with E-state index in [2.05, 4.69) is 5.32 Å². The molecule has 0 radical (unpaired) electrons. The SMILES string of the molecule is O=C(O)C(=O)O.O=C(O)[C@@H]1CCCN1. The molecule has 0 aromatic heterocycles. The molecule has 1 atom stereocenters. The maximum absolute atomic E-state index is 10.1. The molecule has 1 fully saturated rings. The van der Waals surface area contributed by atoms with E-state index in [-0.39, 0.29) is 6.04 Å². The Labute approximate surface area is 79.3 Å². The van der Waals surface area contributed by atoms with Gasteiger partial charge in [0.2, 0.25) is 0 Å². The van der Waals surface area contributed by atoms with Crippen LogP contribution in [0.15, 0.2) is 0 Å². The molecule has 0 saturated carbocycles. The van der Waals surface area contributed by atoms with E-state index in [0.29, 0.717) is 0 Å². The number of carboxylic acid groups (broad SMARTS) is 3. The number of hydrogen-bond donors (Lipinski definition) is 4. The number of nitrogens with one attached hydrogen (secondary N) is 1. The van der Waals surface area contributed by atoms with Gasteiger partial charge < -0.3 is 20.6 Å². The molecular formula is C7H11NO6. The van der Waals surface area contributed by atoms with Gasteiger partial charge in [-0.3, -0.25) is 4.79 Å². The fourth-order valence-electron chi connectivity index (χ4n) is 0.895. The third kappa shape index (κ3) is 5.09. The van der Waals surface area contributed by atoms with Crippen LogP contribution in [0.2, 0.25) is 0 Å². The number of carbonyl (C=O) groups is 3. The second-order valence-corrected chi connectivity index (χ2v) is 2.60. The quantitative estimate of drug-likeness (QED) is 0.404. The van der Waals surface area contributed by atoms with Gasteiger partial charge in [0.1, 0.15) is 6.04 Å². The molecule has 0 unspecified atom stereocenters. The molecule has 1 aliphatic heterocycles. The second-order valence-electron chi connectivity index (χ2n) is 2.60. The Kier molecular flexibility index (Phi) is 5.23. The third-order valence-electron chi connectivity index (χ3n) is 1.54. The monoisotopic (exact) mass is 205 g/mol. The predicted molar refractivity (Wildman–Crippen MR) is 43.9 cm³/mol. The number of aliphatic carboxylic acids is 3. The molecule has 14 heavy (non-hydrogen) atoms. The van der Waals surface area contributed by atoms with Crippen LogP contribution in [0.1, 0.15) is 12.8 Å². The van der Waals surface area contributed by atoms with Gasteiger partial charge in [-0.1, -0.05) is 0 Å². The fourth-order valence-corrected chi connectivity index (χ4v) is 0.895. The van der Waals surface area contributed by atoms with E-state index in [1.807, 2.05) is 0 Å².